The van der Waals surface area contributed by atoms with E-state index in [0.717, 1.165) is 29.5 Å². The molecule has 0 aromatic carbocycles. The van der Waals surface area contributed by atoms with Gasteiger partial charge in [0.15, 0.2) is 5.16 Å². The number of anilines is 1. The van der Waals surface area contributed by atoms with Crippen LogP contribution in [0.5, 0.6) is 0 Å². The molecule has 3 heterocycles. The summed E-state index contributed by atoms with van der Waals surface area (Å²) in [6.45, 7) is 10.4. The number of carbonyl (C=O) groups is 1. The van der Waals surface area contributed by atoms with Gasteiger partial charge >= 0.3 is 0 Å². The van der Waals surface area contributed by atoms with Gasteiger partial charge in [0.05, 0.1) is 17.3 Å². The summed E-state index contributed by atoms with van der Waals surface area (Å²) in [5, 5.41) is 8.44. The fourth-order valence-corrected chi connectivity index (χ4v) is 6.17. The second-order valence-electron chi connectivity index (χ2n) is 8.22. The monoisotopic (exact) mass is 457 g/mol. The summed E-state index contributed by atoms with van der Waals surface area (Å²) < 4.78 is 3.40. The lowest BCUT2D eigenvalue weighted by Gasteiger charge is -2.17. The number of nitrogens with zero attached hydrogens (tertiary/aromatic N) is 4. The van der Waals surface area contributed by atoms with Gasteiger partial charge in [-0.1, -0.05) is 24.8 Å². The highest BCUT2D eigenvalue weighted by Gasteiger charge is 2.24. The van der Waals surface area contributed by atoms with Crippen molar-refractivity contribution in [3.63, 3.8) is 0 Å². The highest BCUT2D eigenvalue weighted by Crippen LogP contribution is 2.36. The molecule has 31 heavy (non-hydrogen) atoms. The highest BCUT2D eigenvalue weighted by molar-refractivity contribution is 7.99. The minimum Gasteiger partial charge on any atom is -0.310 e. The first-order valence-electron chi connectivity index (χ1n) is 10.5. The highest BCUT2D eigenvalue weighted by atomic mass is 32.2. The number of thioether (sulfide) groups is 1. The van der Waals surface area contributed by atoms with E-state index < -0.39 is 0 Å². The molecule has 1 unspecified atom stereocenters. The van der Waals surface area contributed by atoms with Crippen molar-refractivity contribution < 1.29 is 4.79 Å². The predicted octanol–water partition coefficient (Wildman–Crippen LogP) is 4.28. The number of amides is 1. The molecule has 9 heteroatoms. The Morgan fingerprint density at radius 1 is 1.48 bits per heavy atom. The Morgan fingerprint density at radius 3 is 3.03 bits per heavy atom. The molecule has 0 bridgehead atoms. The van der Waals surface area contributed by atoms with Gasteiger partial charge in [-0.15, -0.1) is 17.9 Å². The first kappa shape index (κ1) is 21.8. The van der Waals surface area contributed by atoms with Crippen molar-refractivity contribution in [2.24, 2.45) is 5.92 Å². The number of rotatable bonds is 7. The van der Waals surface area contributed by atoms with Crippen LogP contribution in [-0.4, -0.2) is 31.0 Å². The molecule has 0 fully saturated rings. The lowest BCUT2D eigenvalue weighted by Crippen LogP contribution is -2.24. The number of allylic oxidation sites excluding steroid dienone is 1. The molecule has 4 rings (SSSR count). The van der Waals surface area contributed by atoms with Crippen molar-refractivity contribution in [3.05, 3.63) is 45.7 Å². The fraction of sp³-hybridized carbons (Fsp3) is 0.455. The van der Waals surface area contributed by atoms with Crippen molar-refractivity contribution in [1.82, 2.24) is 19.3 Å². The second kappa shape index (κ2) is 9.00. The molecule has 1 atom stereocenters. The molecule has 0 saturated carbocycles. The van der Waals surface area contributed by atoms with Crippen molar-refractivity contribution in [2.75, 3.05) is 11.1 Å². The number of thiophene rings is 1. The minimum absolute atomic E-state index is 0.0299. The Bertz CT molecular complexity index is 1190. The molecule has 1 aliphatic rings. The Balaban J connectivity index is 1.60. The number of carbonyl (C=O) groups excluding carboxylic acids is 1. The van der Waals surface area contributed by atoms with E-state index in [1.807, 2.05) is 13.8 Å². The third kappa shape index (κ3) is 4.34. The summed E-state index contributed by atoms with van der Waals surface area (Å²) in [5.74, 6) is 1.28. The van der Waals surface area contributed by atoms with Crippen LogP contribution >= 0.6 is 23.1 Å². The van der Waals surface area contributed by atoms with Crippen molar-refractivity contribution >= 4 is 45.0 Å². The summed E-state index contributed by atoms with van der Waals surface area (Å²) in [6, 6.07) is 1.92. The van der Waals surface area contributed by atoms with Gasteiger partial charge in [-0.05, 0) is 44.6 Å². The maximum atomic E-state index is 13.3. The number of hydrogen-bond donors (Lipinski definition) is 1. The van der Waals surface area contributed by atoms with Crippen LogP contribution in [0.15, 0.2) is 34.9 Å². The third-order valence-corrected chi connectivity index (χ3v) is 7.58. The molecule has 0 saturated heterocycles. The van der Waals surface area contributed by atoms with Crippen LogP contribution in [0.25, 0.3) is 10.2 Å². The Hall–Kier alpha value is -2.39. The van der Waals surface area contributed by atoms with E-state index in [1.165, 1.54) is 22.2 Å². The van der Waals surface area contributed by atoms with Crippen LogP contribution in [0.4, 0.5) is 5.82 Å². The third-order valence-electron chi connectivity index (χ3n) is 5.45. The van der Waals surface area contributed by atoms with Crippen molar-refractivity contribution in [3.8, 4) is 0 Å². The molecule has 164 valence electrons. The predicted molar refractivity (Wildman–Crippen MR) is 127 cm³/mol. The molecular weight excluding hydrogens is 430 g/mol. The zero-order chi connectivity index (χ0) is 22.1. The zero-order valence-corrected chi connectivity index (χ0v) is 19.7. The molecule has 0 aliphatic heterocycles. The summed E-state index contributed by atoms with van der Waals surface area (Å²) >= 11 is 2.90. The van der Waals surface area contributed by atoms with Gasteiger partial charge in [-0.2, -0.15) is 5.10 Å². The van der Waals surface area contributed by atoms with Gasteiger partial charge in [-0.3, -0.25) is 14.2 Å². The summed E-state index contributed by atoms with van der Waals surface area (Å²) in [6.07, 6.45) is 6.40. The van der Waals surface area contributed by atoms with Crippen LogP contribution in [0.2, 0.25) is 0 Å². The van der Waals surface area contributed by atoms with Gasteiger partial charge in [0.1, 0.15) is 10.6 Å². The summed E-state index contributed by atoms with van der Waals surface area (Å²) in [7, 11) is 0. The number of fused-ring (bicyclic) bond motifs is 3. The van der Waals surface area contributed by atoms with E-state index in [2.05, 4.69) is 23.9 Å². The van der Waals surface area contributed by atoms with Crippen LogP contribution in [0.3, 0.4) is 0 Å². The molecule has 0 radical (unpaired) electrons. The largest absolute Gasteiger partial charge is 0.310 e. The van der Waals surface area contributed by atoms with Crippen LogP contribution < -0.4 is 10.9 Å². The first-order valence-corrected chi connectivity index (χ1v) is 12.3. The van der Waals surface area contributed by atoms with Gasteiger partial charge in [0.25, 0.3) is 5.56 Å². The van der Waals surface area contributed by atoms with E-state index >= 15 is 0 Å². The Morgan fingerprint density at radius 2 is 2.29 bits per heavy atom. The number of aromatic nitrogens is 4. The second-order valence-corrected chi connectivity index (χ2v) is 10.2. The molecule has 3 aromatic heterocycles. The van der Waals surface area contributed by atoms with Gasteiger partial charge in [0, 0.05) is 23.5 Å². The molecule has 1 N–H and O–H groups in total. The average Bonchev–Trinajstić information content (AvgIpc) is 3.32. The lowest BCUT2D eigenvalue weighted by atomic mass is 9.89. The van der Waals surface area contributed by atoms with E-state index in [4.69, 9.17) is 4.98 Å². The van der Waals surface area contributed by atoms with Gasteiger partial charge in [-0.25, -0.2) is 9.67 Å². The molecule has 1 aliphatic carbocycles. The van der Waals surface area contributed by atoms with Crippen LogP contribution in [0, 0.1) is 5.92 Å². The maximum absolute atomic E-state index is 13.3. The summed E-state index contributed by atoms with van der Waals surface area (Å²) in [4.78, 5) is 32.8. The molecule has 0 spiro atoms. The molecule has 1 amide bonds. The van der Waals surface area contributed by atoms with E-state index in [9.17, 15) is 9.59 Å². The topological polar surface area (TPSA) is 81.8 Å². The zero-order valence-electron chi connectivity index (χ0n) is 18.1. The SMILES string of the molecule is C=CCn1c(SCC(=O)Nc2ccnn2C(C)C)nc2sc3c(c2c1=O)CCC(C)C3. The number of hydrogen-bond acceptors (Lipinski definition) is 6. The molecular formula is C22H27N5O2S2. The quantitative estimate of drug-likeness (QED) is 0.325. The van der Waals surface area contributed by atoms with Crippen LogP contribution in [-0.2, 0) is 24.2 Å². The average molecular weight is 458 g/mol. The maximum Gasteiger partial charge on any atom is 0.263 e. The van der Waals surface area contributed by atoms with Gasteiger partial charge < -0.3 is 5.32 Å². The fourth-order valence-electron chi connectivity index (χ4n) is 3.94. The van der Waals surface area contributed by atoms with E-state index in [0.29, 0.717) is 23.4 Å². The van der Waals surface area contributed by atoms with Crippen molar-refractivity contribution in [1.29, 1.82) is 0 Å². The van der Waals surface area contributed by atoms with Gasteiger partial charge in [0.2, 0.25) is 5.91 Å². The minimum atomic E-state index is -0.161. The van der Waals surface area contributed by atoms with E-state index in [-0.39, 0.29) is 23.3 Å². The standard InChI is InChI=1S/C22H27N5O2S2/c1-5-10-26-21(29)19-15-7-6-14(4)11-16(15)31-20(19)25-22(26)30-12-18(28)24-17-8-9-23-27(17)13(2)3/h5,8-9,13-14H,1,6-7,10-12H2,2-4H3,(H,24,28). The van der Waals surface area contributed by atoms with Crippen LogP contribution in [0.1, 0.15) is 43.7 Å². The summed E-state index contributed by atoms with van der Waals surface area (Å²) in [5.41, 5.74) is 1.14. The normalized spacial score (nSPS) is 15.9. The number of nitrogens with one attached hydrogen (secondary N) is 1. The molecule has 7 nitrogen and oxygen atoms in total. The Kier molecular flexibility index (Phi) is 6.34. The first-order chi connectivity index (χ1) is 14.9. The van der Waals surface area contributed by atoms with E-state index in [1.54, 1.807) is 38.9 Å². The smallest absolute Gasteiger partial charge is 0.263 e. The lowest BCUT2D eigenvalue weighted by molar-refractivity contribution is -0.113. The van der Waals surface area contributed by atoms with Crippen molar-refractivity contribution in [2.45, 2.75) is 57.8 Å². The Labute approximate surface area is 189 Å². The molecule has 3 aromatic rings. The number of aryl methyl sites for hydroxylation is 1.